The molecule has 0 N–H and O–H groups in total. The van der Waals surface area contributed by atoms with Gasteiger partial charge in [-0.15, -0.1) is 0 Å². The van der Waals surface area contributed by atoms with Crippen LogP contribution in [0, 0.1) is 5.92 Å². The second-order valence-electron chi connectivity index (χ2n) is 7.94. The van der Waals surface area contributed by atoms with Crippen LogP contribution in [0.25, 0.3) is 21.8 Å². The summed E-state index contributed by atoms with van der Waals surface area (Å²) < 4.78 is 7.83. The minimum Gasteiger partial charge on any atom is -0.497 e. The second-order valence-corrected chi connectivity index (χ2v) is 7.94. The summed E-state index contributed by atoms with van der Waals surface area (Å²) in [6.07, 6.45) is 4.77. The number of methoxy groups -OCH3 is 1. The highest BCUT2D eigenvalue weighted by Crippen LogP contribution is 2.34. The number of carbonyl (C=O) groups excluding carboxylic acids is 2. The smallest absolute Gasteiger partial charge is 0.170 e. The summed E-state index contributed by atoms with van der Waals surface area (Å²) in [6.45, 7) is 6.91. The van der Waals surface area contributed by atoms with Crippen molar-refractivity contribution in [3.8, 4) is 5.75 Å². The maximum absolute atomic E-state index is 12.5. The summed E-state index contributed by atoms with van der Waals surface area (Å²) in [4.78, 5) is 23.8. The first-order valence-electron chi connectivity index (χ1n) is 10.6. The second kappa shape index (κ2) is 9.25. The number of aromatic nitrogens is 1. The van der Waals surface area contributed by atoms with E-state index >= 15 is 0 Å². The van der Waals surface area contributed by atoms with Gasteiger partial charge in [-0.3, -0.25) is 9.59 Å². The maximum Gasteiger partial charge on any atom is 0.170 e. The van der Waals surface area contributed by atoms with Crippen LogP contribution in [0.2, 0.25) is 0 Å². The third kappa shape index (κ3) is 4.52. The molecule has 0 fully saturated rings. The highest BCUT2D eigenvalue weighted by molar-refractivity contribution is 6.13. The Bertz CT molecular complexity index is 1030. The molecule has 1 heterocycles. The van der Waals surface area contributed by atoms with Gasteiger partial charge in [-0.05, 0) is 55.7 Å². The normalized spacial score (nSPS) is 12.4. The molecular formula is C25H31NO3. The van der Waals surface area contributed by atoms with Crippen molar-refractivity contribution in [1.82, 2.24) is 4.57 Å². The zero-order chi connectivity index (χ0) is 21.0. The summed E-state index contributed by atoms with van der Waals surface area (Å²) >= 11 is 0. The summed E-state index contributed by atoms with van der Waals surface area (Å²) in [5.74, 6) is 1.18. The van der Waals surface area contributed by atoms with E-state index in [9.17, 15) is 9.59 Å². The van der Waals surface area contributed by atoms with Gasteiger partial charge in [0.05, 0.1) is 13.5 Å². The van der Waals surface area contributed by atoms with E-state index in [4.69, 9.17) is 4.74 Å². The van der Waals surface area contributed by atoms with Gasteiger partial charge in [0.1, 0.15) is 11.5 Å². The quantitative estimate of drug-likeness (QED) is 0.305. The lowest BCUT2D eigenvalue weighted by Gasteiger charge is -2.17. The van der Waals surface area contributed by atoms with E-state index in [2.05, 4.69) is 24.5 Å². The van der Waals surface area contributed by atoms with Crippen LogP contribution in [0.15, 0.2) is 36.4 Å². The third-order valence-electron chi connectivity index (χ3n) is 5.79. The molecule has 0 aliphatic heterocycles. The third-order valence-corrected chi connectivity index (χ3v) is 5.79. The van der Waals surface area contributed by atoms with Crippen LogP contribution in [0.3, 0.4) is 0 Å². The molecule has 0 radical (unpaired) electrons. The Morgan fingerprint density at radius 3 is 2.34 bits per heavy atom. The molecule has 2 aromatic carbocycles. The van der Waals surface area contributed by atoms with E-state index in [0.717, 1.165) is 40.5 Å². The predicted molar refractivity (Wildman–Crippen MR) is 119 cm³/mol. The minimum absolute atomic E-state index is 0.0532. The fourth-order valence-electron chi connectivity index (χ4n) is 4.08. The zero-order valence-corrected chi connectivity index (χ0v) is 18.0. The van der Waals surface area contributed by atoms with Crippen LogP contribution in [-0.2, 0) is 11.3 Å². The molecule has 0 aliphatic carbocycles. The standard InChI is InChI=1S/C25H31NO3/c1-5-7-8-18(6-2)16-26-23-11-9-19(25(28)13-17(3)27)14-21(23)22-15-20(29-4)10-12-24(22)26/h9-12,14-15,18H,5-8,13,16H2,1-4H3. The van der Waals surface area contributed by atoms with Crippen molar-refractivity contribution >= 4 is 33.4 Å². The largest absolute Gasteiger partial charge is 0.497 e. The average molecular weight is 394 g/mol. The Labute approximate surface area is 172 Å². The molecule has 29 heavy (non-hydrogen) atoms. The van der Waals surface area contributed by atoms with Gasteiger partial charge in [0, 0.05) is 33.9 Å². The molecule has 1 unspecified atom stereocenters. The molecule has 154 valence electrons. The molecule has 0 spiro atoms. The average Bonchev–Trinajstić information content (AvgIpc) is 3.02. The Balaban J connectivity index is 2.14. The highest BCUT2D eigenvalue weighted by atomic mass is 16.5. The van der Waals surface area contributed by atoms with Crippen molar-refractivity contribution in [2.75, 3.05) is 7.11 Å². The number of unbranched alkanes of at least 4 members (excludes halogenated alkanes) is 1. The monoisotopic (exact) mass is 393 g/mol. The van der Waals surface area contributed by atoms with E-state index in [0.29, 0.717) is 11.5 Å². The molecule has 1 aromatic heterocycles. The lowest BCUT2D eigenvalue weighted by molar-refractivity contribution is -0.116. The van der Waals surface area contributed by atoms with Gasteiger partial charge < -0.3 is 9.30 Å². The SMILES string of the molecule is CCCCC(CC)Cn1c2ccc(OC)cc2c2cc(C(=O)CC(C)=O)ccc21. The topological polar surface area (TPSA) is 48.3 Å². The molecule has 1 atom stereocenters. The van der Waals surface area contributed by atoms with Crippen molar-refractivity contribution in [1.29, 1.82) is 0 Å². The highest BCUT2D eigenvalue weighted by Gasteiger charge is 2.17. The van der Waals surface area contributed by atoms with Gasteiger partial charge in [-0.25, -0.2) is 0 Å². The number of ether oxygens (including phenoxy) is 1. The van der Waals surface area contributed by atoms with E-state index in [-0.39, 0.29) is 18.0 Å². The molecule has 0 amide bonds. The number of fused-ring (bicyclic) bond motifs is 3. The fourth-order valence-corrected chi connectivity index (χ4v) is 4.08. The predicted octanol–water partition coefficient (Wildman–Crippen LogP) is 6.18. The summed E-state index contributed by atoms with van der Waals surface area (Å²) in [6, 6.07) is 12.0. The van der Waals surface area contributed by atoms with Gasteiger partial charge in [0.15, 0.2) is 5.78 Å². The lowest BCUT2D eigenvalue weighted by atomic mass is 9.99. The Hall–Kier alpha value is -2.62. The first-order chi connectivity index (χ1) is 14.0. The summed E-state index contributed by atoms with van der Waals surface area (Å²) in [5.41, 5.74) is 2.88. The van der Waals surface area contributed by atoms with Crippen molar-refractivity contribution in [3.05, 3.63) is 42.0 Å². The van der Waals surface area contributed by atoms with Gasteiger partial charge in [0.2, 0.25) is 0 Å². The van der Waals surface area contributed by atoms with Crippen LogP contribution < -0.4 is 4.74 Å². The maximum atomic E-state index is 12.5. The molecule has 0 bridgehead atoms. The first kappa shape index (κ1) is 21.1. The minimum atomic E-state index is -0.127. The fraction of sp³-hybridized carbons (Fsp3) is 0.440. The number of hydrogen-bond acceptors (Lipinski definition) is 3. The summed E-state index contributed by atoms with van der Waals surface area (Å²) in [7, 11) is 1.67. The molecule has 4 nitrogen and oxygen atoms in total. The summed E-state index contributed by atoms with van der Waals surface area (Å²) in [5, 5.41) is 2.13. The zero-order valence-electron chi connectivity index (χ0n) is 18.0. The van der Waals surface area contributed by atoms with E-state index in [1.165, 1.54) is 26.2 Å². The van der Waals surface area contributed by atoms with Crippen molar-refractivity contribution in [2.24, 2.45) is 5.92 Å². The van der Waals surface area contributed by atoms with E-state index in [1.54, 1.807) is 7.11 Å². The number of ketones is 2. The van der Waals surface area contributed by atoms with Gasteiger partial charge >= 0.3 is 0 Å². The van der Waals surface area contributed by atoms with E-state index < -0.39 is 0 Å². The number of nitrogens with zero attached hydrogens (tertiary/aromatic N) is 1. The Morgan fingerprint density at radius 2 is 1.72 bits per heavy atom. The van der Waals surface area contributed by atoms with Crippen molar-refractivity contribution in [2.45, 2.75) is 59.4 Å². The Morgan fingerprint density at radius 1 is 1.03 bits per heavy atom. The van der Waals surface area contributed by atoms with Gasteiger partial charge in [0.25, 0.3) is 0 Å². The molecule has 0 aliphatic rings. The molecule has 3 aromatic rings. The number of carbonyl (C=O) groups is 2. The van der Waals surface area contributed by atoms with Crippen molar-refractivity contribution in [3.63, 3.8) is 0 Å². The number of hydrogen-bond donors (Lipinski definition) is 0. The van der Waals surface area contributed by atoms with Crippen LogP contribution in [0.1, 0.15) is 63.2 Å². The van der Waals surface area contributed by atoms with E-state index in [1.807, 2.05) is 30.3 Å². The number of benzene rings is 2. The molecule has 0 saturated heterocycles. The van der Waals surface area contributed by atoms with Gasteiger partial charge in [-0.2, -0.15) is 0 Å². The van der Waals surface area contributed by atoms with Crippen LogP contribution in [0.5, 0.6) is 5.75 Å². The van der Waals surface area contributed by atoms with Crippen LogP contribution in [-0.4, -0.2) is 23.2 Å². The lowest BCUT2D eigenvalue weighted by Crippen LogP contribution is -2.10. The number of Topliss-reactive ketones (excluding diaryl/α,β-unsaturated/α-hetero) is 2. The van der Waals surface area contributed by atoms with Crippen LogP contribution >= 0.6 is 0 Å². The molecule has 0 saturated carbocycles. The van der Waals surface area contributed by atoms with Gasteiger partial charge in [-0.1, -0.05) is 33.1 Å². The first-order valence-corrected chi connectivity index (χ1v) is 10.6. The molecule has 4 heteroatoms. The molecular weight excluding hydrogens is 362 g/mol. The molecule has 3 rings (SSSR count). The van der Waals surface area contributed by atoms with Crippen LogP contribution in [0.4, 0.5) is 0 Å². The number of rotatable bonds is 10. The van der Waals surface area contributed by atoms with Crippen molar-refractivity contribution < 1.29 is 14.3 Å². The Kier molecular flexibility index (Phi) is 6.73.